The minimum atomic E-state index is 0.344. The highest BCUT2D eigenvalue weighted by atomic mass is 16.5. The highest BCUT2D eigenvalue weighted by Gasteiger charge is 2.18. The van der Waals surface area contributed by atoms with Crippen molar-refractivity contribution in [2.24, 2.45) is 5.73 Å². The largest absolute Gasteiger partial charge is 0.497 e. The topological polar surface area (TPSA) is 47.7 Å². The van der Waals surface area contributed by atoms with E-state index in [0.717, 1.165) is 37.6 Å². The molecule has 0 aliphatic carbocycles. The van der Waals surface area contributed by atoms with Crippen LogP contribution in [0.1, 0.15) is 6.42 Å². The second kappa shape index (κ2) is 5.89. The number of nitrogens with zero attached hydrogens (tertiary/aromatic N) is 1. The minimum Gasteiger partial charge on any atom is -0.497 e. The van der Waals surface area contributed by atoms with E-state index in [-0.39, 0.29) is 0 Å². The second-order valence-electron chi connectivity index (χ2n) is 4.37. The zero-order valence-electron chi connectivity index (χ0n) is 10.3. The summed E-state index contributed by atoms with van der Waals surface area (Å²) in [6, 6.07) is 8.00. The van der Waals surface area contributed by atoms with Crippen LogP contribution in [-0.4, -0.2) is 44.3 Å². The van der Waals surface area contributed by atoms with E-state index in [1.807, 2.05) is 24.3 Å². The third kappa shape index (κ3) is 3.61. The van der Waals surface area contributed by atoms with E-state index in [1.54, 1.807) is 7.11 Å². The van der Waals surface area contributed by atoms with E-state index in [2.05, 4.69) is 4.90 Å². The van der Waals surface area contributed by atoms with Gasteiger partial charge in [0.2, 0.25) is 0 Å². The van der Waals surface area contributed by atoms with Crippen LogP contribution in [0.2, 0.25) is 0 Å². The van der Waals surface area contributed by atoms with Crippen LogP contribution >= 0.6 is 0 Å². The molecule has 0 spiro atoms. The van der Waals surface area contributed by atoms with Gasteiger partial charge < -0.3 is 15.2 Å². The maximum Gasteiger partial charge on any atom is 0.119 e. The van der Waals surface area contributed by atoms with Gasteiger partial charge in [-0.25, -0.2) is 0 Å². The molecule has 0 saturated carbocycles. The highest BCUT2D eigenvalue weighted by Crippen LogP contribution is 2.17. The SMILES string of the molecule is COc1ccc(OCCN2CC[C@H](N)C2)cc1. The number of methoxy groups -OCH3 is 1. The molecule has 0 aromatic heterocycles. The molecule has 1 aromatic carbocycles. The molecule has 2 rings (SSSR count). The van der Waals surface area contributed by atoms with Crippen LogP contribution in [0.25, 0.3) is 0 Å². The Hall–Kier alpha value is -1.26. The van der Waals surface area contributed by atoms with Gasteiger partial charge in [0.05, 0.1) is 7.11 Å². The summed E-state index contributed by atoms with van der Waals surface area (Å²) in [5, 5.41) is 0. The Labute approximate surface area is 102 Å². The third-order valence-corrected chi connectivity index (χ3v) is 3.04. The fraction of sp³-hybridized carbons (Fsp3) is 0.538. The lowest BCUT2D eigenvalue weighted by Crippen LogP contribution is -2.29. The van der Waals surface area contributed by atoms with E-state index < -0.39 is 0 Å². The maximum absolute atomic E-state index is 5.84. The van der Waals surface area contributed by atoms with Crippen molar-refractivity contribution in [2.75, 3.05) is 33.4 Å². The molecule has 1 atom stereocenters. The standard InChI is InChI=1S/C13H20N2O2/c1-16-12-2-4-13(5-3-12)17-9-8-15-7-6-11(14)10-15/h2-5,11H,6-10,14H2,1H3/t11-/m0/s1. The molecule has 1 aliphatic rings. The number of hydrogen-bond donors (Lipinski definition) is 1. The summed E-state index contributed by atoms with van der Waals surface area (Å²) in [5.74, 6) is 1.73. The molecule has 0 bridgehead atoms. The fourth-order valence-corrected chi connectivity index (χ4v) is 2.03. The Balaban J connectivity index is 1.70. The first kappa shape index (κ1) is 12.2. The van der Waals surface area contributed by atoms with Gasteiger partial charge in [0.25, 0.3) is 0 Å². The van der Waals surface area contributed by atoms with Gasteiger partial charge in [-0.1, -0.05) is 0 Å². The maximum atomic E-state index is 5.84. The van der Waals surface area contributed by atoms with Gasteiger partial charge in [0.1, 0.15) is 18.1 Å². The van der Waals surface area contributed by atoms with E-state index >= 15 is 0 Å². The number of likely N-dealkylation sites (tertiary alicyclic amines) is 1. The third-order valence-electron chi connectivity index (χ3n) is 3.04. The van der Waals surface area contributed by atoms with Gasteiger partial charge >= 0.3 is 0 Å². The van der Waals surface area contributed by atoms with Crippen molar-refractivity contribution in [3.05, 3.63) is 24.3 Å². The number of benzene rings is 1. The smallest absolute Gasteiger partial charge is 0.119 e. The van der Waals surface area contributed by atoms with E-state index in [4.69, 9.17) is 15.2 Å². The lowest BCUT2D eigenvalue weighted by Gasteiger charge is -2.15. The average Bonchev–Trinajstić information content (AvgIpc) is 2.76. The van der Waals surface area contributed by atoms with Gasteiger partial charge in [-0.15, -0.1) is 0 Å². The van der Waals surface area contributed by atoms with Gasteiger partial charge in [-0.3, -0.25) is 4.90 Å². The Morgan fingerprint density at radius 1 is 1.29 bits per heavy atom. The van der Waals surface area contributed by atoms with Crippen molar-refractivity contribution in [3.63, 3.8) is 0 Å². The van der Waals surface area contributed by atoms with Crippen molar-refractivity contribution in [1.29, 1.82) is 0 Å². The van der Waals surface area contributed by atoms with Crippen LogP contribution in [0.3, 0.4) is 0 Å². The number of rotatable bonds is 5. The molecule has 94 valence electrons. The molecule has 1 fully saturated rings. The molecular formula is C13H20N2O2. The Morgan fingerprint density at radius 2 is 2.00 bits per heavy atom. The molecule has 0 amide bonds. The molecule has 0 radical (unpaired) electrons. The average molecular weight is 236 g/mol. The Morgan fingerprint density at radius 3 is 2.59 bits per heavy atom. The molecule has 1 aliphatic heterocycles. The minimum absolute atomic E-state index is 0.344. The van der Waals surface area contributed by atoms with Crippen molar-refractivity contribution < 1.29 is 9.47 Å². The molecule has 4 heteroatoms. The Kier molecular flexibility index (Phi) is 4.23. The summed E-state index contributed by atoms with van der Waals surface area (Å²) in [4.78, 5) is 2.34. The molecular weight excluding hydrogens is 216 g/mol. The summed E-state index contributed by atoms with van der Waals surface area (Å²) in [6.45, 7) is 3.73. The van der Waals surface area contributed by atoms with E-state index in [0.29, 0.717) is 12.6 Å². The first-order valence-corrected chi connectivity index (χ1v) is 6.03. The van der Waals surface area contributed by atoms with Crippen molar-refractivity contribution in [3.8, 4) is 11.5 Å². The molecule has 1 saturated heterocycles. The van der Waals surface area contributed by atoms with E-state index in [1.165, 1.54) is 0 Å². The van der Waals surface area contributed by atoms with Crippen LogP contribution in [0.5, 0.6) is 11.5 Å². The number of nitrogens with two attached hydrogens (primary N) is 1. The molecule has 17 heavy (non-hydrogen) atoms. The second-order valence-corrected chi connectivity index (χ2v) is 4.37. The van der Waals surface area contributed by atoms with Crippen molar-refractivity contribution in [2.45, 2.75) is 12.5 Å². The fourth-order valence-electron chi connectivity index (χ4n) is 2.03. The zero-order chi connectivity index (χ0) is 12.1. The summed E-state index contributed by atoms with van der Waals surface area (Å²) < 4.78 is 10.8. The summed E-state index contributed by atoms with van der Waals surface area (Å²) >= 11 is 0. The van der Waals surface area contributed by atoms with Crippen molar-refractivity contribution >= 4 is 0 Å². The van der Waals surface area contributed by atoms with Gasteiger partial charge in [0, 0.05) is 19.1 Å². The van der Waals surface area contributed by atoms with Crippen LogP contribution in [0.4, 0.5) is 0 Å². The van der Waals surface area contributed by atoms with Gasteiger partial charge in [-0.05, 0) is 37.2 Å². The predicted molar refractivity (Wildman–Crippen MR) is 67.5 cm³/mol. The van der Waals surface area contributed by atoms with Crippen LogP contribution in [0.15, 0.2) is 24.3 Å². The Bertz CT molecular complexity index is 340. The number of ether oxygens (including phenoxy) is 2. The summed E-state index contributed by atoms with van der Waals surface area (Å²) in [5.41, 5.74) is 5.84. The molecule has 4 nitrogen and oxygen atoms in total. The lowest BCUT2D eigenvalue weighted by atomic mass is 10.3. The summed E-state index contributed by atoms with van der Waals surface area (Å²) in [6.07, 6.45) is 1.10. The monoisotopic (exact) mass is 236 g/mol. The van der Waals surface area contributed by atoms with Gasteiger partial charge in [0.15, 0.2) is 0 Å². The molecule has 0 unspecified atom stereocenters. The van der Waals surface area contributed by atoms with Gasteiger partial charge in [-0.2, -0.15) is 0 Å². The normalized spacial score (nSPS) is 20.5. The molecule has 1 heterocycles. The van der Waals surface area contributed by atoms with Crippen LogP contribution in [0, 0.1) is 0 Å². The van der Waals surface area contributed by atoms with E-state index in [9.17, 15) is 0 Å². The molecule has 2 N–H and O–H groups in total. The summed E-state index contributed by atoms with van der Waals surface area (Å²) in [7, 11) is 1.66. The first-order valence-electron chi connectivity index (χ1n) is 6.03. The zero-order valence-corrected chi connectivity index (χ0v) is 10.3. The van der Waals surface area contributed by atoms with Crippen LogP contribution < -0.4 is 15.2 Å². The lowest BCUT2D eigenvalue weighted by molar-refractivity contribution is 0.236. The first-order chi connectivity index (χ1) is 8.28. The van der Waals surface area contributed by atoms with Crippen molar-refractivity contribution in [1.82, 2.24) is 4.90 Å². The molecule has 1 aromatic rings. The highest BCUT2D eigenvalue weighted by molar-refractivity contribution is 5.31. The number of hydrogen-bond acceptors (Lipinski definition) is 4. The van der Waals surface area contributed by atoms with Crippen LogP contribution in [-0.2, 0) is 0 Å². The quantitative estimate of drug-likeness (QED) is 0.832. The predicted octanol–water partition coefficient (Wildman–Crippen LogP) is 1.11.